The van der Waals surface area contributed by atoms with Gasteiger partial charge in [-0.3, -0.25) is 0 Å². The van der Waals surface area contributed by atoms with Crippen molar-refractivity contribution in [3.63, 3.8) is 0 Å². The molecule has 0 aliphatic heterocycles. The highest BCUT2D eigenvalue weighted by molar-refractivity contribution is 6.30. The van der Waals surface area contributed by atoms with Crippen molar-refractivity contribution in [2.45, 2.75) is 45.6 Å². The fourth-order valence-electron chi connectivity index (χ4n) is 2.92. The van der Waals surface area contributed by atoms with Gasteiger partial charge in [-0.25, -0.2) is 4.52 Å². The highest BCUT2D eigenvalue weighted by Gasteiger charge is 2.28. The van der Waals surface area contributed by atoms with Gasteiger partial charge in [0.05, 0.1) is 5.02 Å². The van der Waals surface area contributed by atoms with E-state index in [1.54, 1.807) is 10.7 Å². The molecular formula is C14H19ClN4. The van der Waals surface area contributed by atoms with Crippen LogP contribution in [0.2, 0.25) is 5.02 Å². The molecular weight excluding hydrogens is 260 g/mol. The maximum atomic E-state index is 5.95. The molecule has 0 spiro atoms. The number of anilines is 1. The molecule has 2 aromatic heterocycles. The lowest BCUT2D eigenvalue weighted by Crippen LogP contribution is -2.32. The molecule has 1 atom stereocenters. The van der Waals surface area contributed by atoms with E-state index in [0.717, 1.165) is 5.65 Å². The van der Waals surface area contributed by atoms with E-state index in [2.05, 4.69) is 29.2 Å². The summed E-state index contributed by atoms with van der Waals surface area (Å²) in [7, 11) is 0. The lowest BCUT2D eigenvalue weighted by atomic mass is 9.75. The van der Waals surface area contributed by atoms with Gasteiger partial charge < -0.3 is 5.32 Å². The number of fused-ring (bicyclic) bond motifs is 1. The molecule has 0 saturated heterocycles. The zero-order valence-corrected chi connectivity index (χ0v) is 12.1. The third kappa shape index (κ3) is 2.84. The smallest absolute Gasteiger partial charge is 0.243 e. The molecule has 1 aliphatic carbocycles. The largest absolute Gasteiger partial charge is 0.350 e. The molecule has 4 nitrogen and oxygen atoms in total. The predicted octanol–water partition coefficient (Wildman–Crippen LogP) is 3.76. The number of nitrogens with zero attached hydrogens (tertiary/aromatic N) is 3. The Bertz CT molecular complexity index is 590. The summed E-state index contributed by atoms with van der Waals surface area (Å²) in [6.45, 7) is 4.66. The first-order valence-electron chi connectivity index (χ1n) is 6.80. The Morgan fingerprint density at radius 1 is 1.42 bits per heavy atom. The van der Waals surface area contributed by atoms with Crippen LogP contribution in [0.4, 0.5) is 5.95 Å². The van der Waals surface area contributed by atoms with Crippen molar-refractivity contribution in [3.05, 3.63) is 23.4 Å². The molecule has 2 aromatic rings. The molecule has 5 heteroatoms. The number of rotatable bonds is 2. The average molecular weight is 279 g/mol. The van der Waals surface area contributed by atoms with Gasteiger partial charge in [0.25, 0.3) is 0 Å². The Labute approximate surface area is 118 Å². The summed E-state index contributed by atoms with van der Waals surface area (Å²) in [5.41, 5.74) is 1.24. The van der Waals surface area contributed by atoms with E-state index in [-0.39, 0.29) is 0 Å². The van der Waals surface area contributed by atoms with E-state index in [1.807, 2.05) is 12.1 Å². The predicted molar refractivity (Wildman–Crippen MR) is 77.7 cm³/mol. The quantitative estimate of drug-likeness (QED) is 0.909. The van der Waals surface area contributed by atoms with Crippen LogP contribution in [0.15, 0.2) is 18.3 Å². The van der Waals surface area contributed by atoms with Crippen LogP contribution < -0.4 is 5.32 Å². The lowest BCUT2D eigenvalue weighted by molar-refractivity contribution is 0.229. The first-order chi connectivity index (χ1) is 9.02. The Hall–Kier alpha value is -1.29. The average Bonchev–Trinajstić information content (AvgIpc) is 2.68. The van der Waals surface area contributed by atoms with Gasteiger partial charge in [0.1, 0.15) is 0 Å². The van der Waals surface area contributed by atoms with E-state index >= 15 is 0 Å². The van der Waals surface area contributed by atoms with E-state index in [9.17, 15) is 0 Å². The Balaban J connectivity index is 1.77. The number of hydrogen-bond acceptors (Lipinski definition) is 3. The van der Waals surface area contributed by atoms with Crippen LogP contribution in [0.5, 0.6) is 0 Å². The van der Waals surface area contributed by atoms with Crippen molar-refractivity contribution >= 4 is 23.2 Å². The summed E-state index contributed by atoms with van der Waals surface area (Å²) >= 11 is 5.95. The van der Waals surface area contributed by atoms with E-state index in [1.165, 1.54) is 25.7 Å². The zero-order chi connectivity index (χ0) is 13.5. The van der Waals surface area contributed by atoms with E-state index < -0.39 is 0 Å². The van der Waals surface area contributed by atoms with E-state index in [0.29, 0.717) is 22.4 Å². The Kier molecular flexibility index (Phi) is 3.13. The fraction of sp³-hybridized carbons (Fsp3) is 0.571. The molecule has 19 heavy (non-hydrogen) atoms. The van der Waals surface area contributed by atoms with Gasteiger partial charge in [-0.15, -0.1) is 5.10 Å². The highest BCUT2D eigenvalue weighted by Crippen LogP contribution is 2.36. The van der Waals surface area contributed by atoms with Gasteiger partial charge in [-0.1, -0.05) is 31.9 Å². The van der Waals surface area contributed by atoms with Crippen molar-refractivity contribution < 1.29 is 0 Å². The SMILES string of the molecule is CC1(C)CCCC(Nc2nc3ccc(Cl)cn3n2)C1. The molecule has 1 unspecified atom stereocenters. The third-order valence-electron chi connectivity index (χ3n) is 3.83. The normalized spacial score (nSPS) is 22.6. The first-order valence-corrected chi connectivity index (χ1v) is 7.18. The van der Waals surface area contributed by atoms with Crippen molar-refractivity contribution in [3.8, 4) is 0 Å². The van der Waals surface area contributed by atoms with Crippen LogP contribution in [-0.4, -0.2) is 20.6 Å². The van der Waals surface area contributed by atoms with E-state index in [4.69, 9.17) is 11.6 Å². The number of hydrogen-bond donors (Lipinski definition) is 1. The number of aromatic nitrogens is 3. The summed E-state index contributed by atoms with van der Waals surface area (Å²) in [5.74, 6) is 0.699. The summed E-state index contributed by atoms with van der Waals surface area (Å²) < 4.78 is 1.72. The van der Waals surface area contributed by atoms with Crippen LogP contribution in [0.1, 0.15) is 39.5 Å². The maximum Gasteiger partial charge on any atom is 0.243 e. The topological polar surface area (TPSA) is 42.2 Å². The van der Waals surface area contributed by atoms with Gasteiger partial charge in [0.2, 0.25) is 5.95 Å². The number of pyridine rings is 1. The van der Waals surface area contributed by atoms with Gasteiger partial charge in [0.15, 0.2) is 5.65 Å². The van der Waals surface area contributed by atoms with Gasteiger partial charge in [0, 0.05) is 12.2 Å². The molecule has 1 fully saturated rings. The highest BCUT2D eigenvalue weighted by atomic mass is 35.5. The van der Waals surface area contributed by atoms with Crippen LogP contribution in [0, 0.1) is 5.41 Å². The molecule has 0 aromatic carbocycles. The lowest BCUT2D eigenvalue weighted by Gasteiger charge is -2.35. The second kappa shape index (κ2) is 4.67. The van der Waals surface area contributed by atoms with Crippen LogP contribution in [0.3, 0.4) is 0 Å². The Morgan fingerprint density at radius 3 is 3.05 bits per heavy atom. The van der Waals surface area contributed by atoms with Crippen LogP contribution >= 0.6 is 11.6 Å². The minimum atomic E-state index is 0.415. The molecule has 0 amide bonds. The summed E-state index contributed by atoms with van der Waals surface area (Å²) in [4.78, 5) is 4.48. The Morgan fingerprint density at radius 2 is 2.26 bits per heavy atom. The second-order valence-corrected chi connectivity index (χ2v) is 6.62. The molecule has 1 saturated carbocycles. The van der Waals surface area contributed by atoms with Crippen LogP contribution in [0.25, 0.3) is 5.65 Å². The summed E-state index contributed by atoms with van der Waals surface area (Å²) in [5, 5.41) is 8.55. The molecule has 102 valence electrons. The van der Waals surface area contributed by atoms with Crippen molar-refractivity contribution in [1.82, 2.24) is 14.6 Å². The van der Waals surface area contributed by atoms with Gasteiger partial charge in [-0.05, 0) is 36.8 Å². The third-order valence-corrected chi connectivity index (χ3v) is 4.06. The minimum Gasteiger partial charge on any atom is -0.350 e. The van der Waals surface area contributed by atoms with Gasteiger partial charge >= 0.3 is 0 Å². The zero-order valence-electron chi connectivity index (χ0n) is 11.4. The first kappa shape index (κ1) is 12.7. The van der Waals surface area contributed by atoms with Crippen LogP contribution in [-0.2, 0) is 0 Å². The van der Waals surface area contributed by atoms with Crippen molar-refractivity contribution in [1.29, 1.82) is 0 Å². The summed E-state index contributed by atoms with van der Waals surface area (Å²) in [6.07, 6.45) is 6.71. The molecule has 2 heterocycles. The number of nitrogens with one attached hydrogen (secondary N) is 1. The molecule has 1 aliphatic rings. The van der Waals surface area contributed by atoms with Crippen molar-refractivity contribution in [2.75, 3.05) is 5.32 Å². The minimum absolute atomic E-state index is 0.415. The maximum absolute atomic E-state index is 5.95. The molecule has 0 bridgehead atoms. The van der Waals surface area contributed by atoms with Crippen molar-refractivity contribution in [2.24, 2.45) is 5.41 Å². The molecule has 0 radical (unpaired) electrons. The standard InChI is InChI=1S/C14H19ClN4/c1-14(2)7-3-4-11(8-14)16-13-17-12-6-5-10(15)9-19(12)18-13/h5-6,9,11H,3-4,7-8H2,1-2H3,(H,16,18). The number of halogens is 1. The second-order valence-electron chi connectivity index (χ2n) is 6.19. The molecule has 3 rings (SSSR count). The van der Waals surface area contributed by atoms with Gasteiger partial charge in [-0.2, -0.15) is 4.98 Å². The summed E-state index contributed by atoms with van der Waals surface area (Å²) in [6, 6.07) is 4.18. The molecule has 1 N–H and O–H groups in total. The fourth-order valence-corrected chi connectivity index (χ4v) is 3.08. The monoisotopic (exact) mass is 278 g/mol.